The van der Waals surface area contributed by atoms with Crippen LogP contribution in [0.3, 0.4) is 0 Å². The fourth-order valence-corrected chi connectivity index (χ4v) is 1.63. The van der Waals surface area contributed by atoms with Crippen molar-refractivity contribution < 1.29 is 9.90 Å². The molecule has 0 spiro atoms. The van der Waals surface area contributed by atoms with Crippen molar-refractivity contribution in [1.82, 2.24) is 4.90 Å². The topological polar surface area (TPSA) is 40.5 Å². The Morgan fingerprint density at radius 3 is 2.50 bits per heavy atom. The highest BCUT2D eigenvalue weighted by Gasteiger charge is 2.04. The van der Waals surface area contributed by atoms with Crippen molar-refractivity contribution in [3.8, 4) is 11.8 Å². The van der Waals surface area contributed by atoms with E-state index in [1.54, 1.807) is 18.2 Å². The molecule has 0 aromatic heterocycles. The average Bonchev–Trinajstić information content (AvgIpc) is 2.36. The van der Waals surface area contributed by atoms with E-state index in [2.05, 4.69) is 30.6 Å². The number of aromatic carboxylic acids is 1. The zero-order chi connectivity index (χ0) is 13.5. The number of carboxylic acid groups (broad SMARTS) is 1. The summed E-state index contributed by atoms with van der Waals surface area (Å²) >= 11 is 0. The monoisotopic (exact) mass is 245 g/mol. The van der Waals surface area contributed by atoms with Crippen LogP contribution in [0.4, 0.5) is 0 Å². The van der Waals surface area contributed by atoms with Gasteiger partial charge in [-0.25, -0.2) is 4.79 Å². The molecule has 0 saturated carbocycles. The van der Waals surface area contributed by atoms with Crippen LogP contribution in [-0.4, -0.2) is 35.6 Å². The number of carboxylic acids is 1. The summed E-state index contributed by atoms with van der Waals surface area (Å²) in [5, 5.41) is 8.87. The van der Waals surface area contributed by atoms with Crippen molar-refractivity contribution in [2.24, 2.45) is 0 Å². The van der Waals surface area contributed by atoms with E-state index in [1.807, 2.05) is 6.92 Å². The summed E-state index contributed by atoms with van der Waals surface area (Å²) in [7, 11) is 0. The molecule has 1 aromatic carbocycles. The van der Waals surface area contributed by atoms with Crippen LogP contribution in [0.15, 0.2) is 18.2 Å². The van der Waals surface area contributed by atoms with Gasteiger partial charge < -0.3 is 5.11 Å². The van der Waals surface area contributed by atoms with Gasteiger partial charge in [0.1, 0.15) is 0 Å². The van der Waals surface area contributed by atoms with Gasteiger partial charge in [-0.1, -0.05) is 25.7 Å². The van der Waals surface area contributed by atoms with Crippen LogP contribution >= 0.6 is 0 Å². The Labute approximate surface area is 108 Å². The normalized spacial score (nSPS) is 10.0. The molecule has 1 aromatic rings. The van der Waals surface area contributed by atoms with Crippen LogP contribution in [-0.2, 0) is 0 Å². The number of rotatable bonds is 4. The molecule has 0 aliphatic rings. The molecule has 0 atom stereocenters. The van der Waals surface area contributed by atoms with Gasteiger partial charge in [-0.05, 0) is 43.8 Å². The van der Waals surface area contributed by atoms with Gasteiger partial charge in [0, 0.05) is 5.56 Å². The molecule has 0 heterocycles. The SMILES string of the molecule is CCN(CC)CC#Cc1ccc(C(=O)O)cc1C. The predicted octanol–water partition coefficient (Wildman–Crippen LogP) is 2.39. The van der Waals surface area contributed by atoms with Crippen LogP contribution in [0.5, 0.6) is 0 Å². The third-order valence-corrected chi connectivity index (χ3v) is 2.89. The van der Waals surface area contributed by atoms with Crippen molar-refractivity contribution in [3.05, 3.63) is 34.9 Å². The summed E-state index contributed by atoms with van der Waals surface area (Å²) in [5.74, 6) is 5.31. The number of benzene rings is 1. The van der Waals surface area contributed by atoms with Crippen molar-refractivity contribution in [2.45, 2.75) is 20.8 Å². The van der Waals surface area contributed by atoms with E-state index in [-0.39, 0.29) is 0 Å². The molecular weight excluding hydrogens is 226 g/mol. The van der Waals surface area contributed by atoms with Crippen LogP contribution in [0.1, 0.15) is 35.3 Å². The van der Waals surface area contributed by atoms with Crippen LogP contribution < -0.4 is 0 Å². The number of aryl methyl sites for hydroxylation is 1. The molecule has 0 aliphatic carbocycles. The highest BCUT2D eigenvalue weighted by Crippen LogP contribution is 2.10. The molecule has 0 fully saturated rings. The first-order valence-electron chi connectivity index (χ1n) is 6.13. The Bertz CT molecular complexity index is 479. The maximum Gasteiger partial charge on any atom is 0.335 e. The maximum atomic E-state index is 10.8. The Hall–Kier alpha value is -1.79. The summed E-state index contributed by atoms with van der Waals surface area (Å²) in [6.07, 6.45) is 0. The van der Waals surface area contributed by atoms with Crippen molar-refractivity contribution >= 4 is 5.97 Å². The van der Waals surface area contributed by atoms with Gasteiger partial charge in [0.25, 0.3) is 0 Å². The minimum atomic E-state index is -0.902. The first kappa shape index (κ1) is 14.3. The molecular formula is C15H19NO2. The van der Waals surface area contributed by atoms with Crippen LogP contribution in [0.25, 0.3) is 0 Å². The lowest BCUT2D eigenvalue weighted by Gasteiger charge is -2.13. The zero-order valence-electron chi connectivity index (χ0n) is 11.2. The van der Waals surface area contributed by atoms with Gasteiger partial charge in [-0.3, -0.25) is 4.90 Å². The van der Waals surface area contributed by atoms with Crippen LogP contribution in [0, 0.1) is 18.8 Å². The third-order valence-electron chi connectivity index (χ3n) is 2.89. The van der Waals surface area contributed by atoms with Gasteiger partial charge in [0.15, 0.2) is 0 Å². The van der Waals surface area contributed by atoms with E-state index in [0.717, 1.165) is 30.8 Å². The highest BCUT2D eigenvalue weighted by atomic mass is 16.4. The number of carbonyl (C=O) groups is 1. The molecule has 0 unspecified atom stereocenters. The molecule has 0 bridgehead atoms. The number of nitrogens with zero attached hydrogens (tertiary/aromatic N) is 1. The average molecular weight is 245 g/mol. The molecule has 18 heavy (non-hydrogen) atoms. The largest absolute Gasteiger partial charge is 0.478 e. The molecule has 1 rings (SSSR count). The summed E-state index contributed by atoms with van der Waals surface area (Å²) in [4.78, 5) is 13.0. The molecule has 0 amide bonds. The highest BCUT2D eigenvalue weighted by molar-refractivity contribution is 5.88. The second kappa shape index (κ2) is 6.83. The van der Waals surface area contributed by atoms with Crippen molar-refractivity contribution in [1.29, 1.82) is 0 Å². The van der Waals surface area contributed by atoms with E-state index >= 15 is 0 Å². The quantitative estimate of drug-likeness (QED) is 0.828. The van der Waals surface area contributed by atoms with E-state index in [0.29, 0.717) is 5.56 Å². The summed E-state index contributed by atoms with van der Waals surface area (Å²) < 4.78 is 0. The predicted molar refractivity (Wildman–Crippen MR) is 72.8 cm³/mol. The van der Waals surface area contributed by atoms with E-state index < -0.39 is 5.97 Å². The summed E-state index contributed by atoms with van der Waals surface area (Å²) in [6.45, 7) is 8.82. The van der Waals surface area contributed by atoms with E-state index in [1.165, 1.54) is 0 Å². The van der Waals surface area contributed by atoms with Crippen molar-refractivity contribution in [2.75, 3.05) is 19.6 Å². The lowest BCUT2D eigenvalue weighted by atomic mass is 10.1. The maximum absolute atomic E-state index is 10.8. The molecule has 0 saturated heterocycles. The first-order valence-corrected chi connectivity index (χ1v) is 6.13. The first-order chi connectivity index (χ1) is 8.58. The lowest BCUT2D eigenvalue weighted by molar-refractivity contribution is 0.0697. The fourth-order valence-electron chi connectivity index (χ4n) is 1.63. The molecule has 0 aliphatic heterocycles. The minimum Gasteiger partial charge on any atom is -0.478 e. The van der Waals surface area contributed by atoms with Gasteiger partial charge in [0.2, 0.25) is 0 Å². The summed E-state index contributed by atoms with van der Waals surface area (Å²) in [5.41, 5.74) is 2.11. The third kappa shape index (κ3) is 3.90. The standard InChI is InChI=1S/C15H19NO2/c1-4-16(5-2)10-6-7-13-8-9-14(15(17)18)11-12(13)3/h8-9,11H,4-5,10H2,1-3H3,(H,17,18). The molecule has 96 valence electrons. The van der Waals surface area contributed by atoms with Crippen molar-refractivity contribution in [3.63, 3.8) is 0 Å². The Balaban J connectivity index is 2.80. The van der Waals surface area contributed by atoms with E-state index in [4.69, 9.17) is 5.11 Å². The molecule has 3 nitrogen and oxygen atoms in total. The number of hydrogen-bond donors (Lipinski definition) is 1. The number of hydrogen-bond acceptors (Lipinski definition) is 2. The molecule has 1 N–H and O–H groups in total. The lowest BCUT2D eigenvalue weighted by Crippen LogP contribution is -2.22. The second-order valence-corrected chi connectivity index (χ2v) is 4.10. The Morgan fingerprint density at radius 1 is 1.33 bits per heavy atom. The summed E-state index contributed by atoms with van der Waals surface area (Å²) in [6, 6.07) is 5.02. The van der Waals surface area contributed by atoms with Gasteiger partial charge in [0.05, 0.1) is 12.1 Å². The van der Waals surface area contributed by atoms with Crippen LogP contribution in [0.2, 0.25) is 0 Å². The van der Waals surface area contributed by atoms with Gasteiger partial charge >= 0.3 is 5.97 Å². The van der Waals surface area contributed by atoms with E-state index in [9.17, 15) is 4.79 Å². The second-order valence-electron chi connectivity index (χ2n) is 4.10. The smallest absolute Gasteiger partial charge is 0.335 e. The Kier molecular flexibility index (Phi) is 5.41. The minimum absolute atomic E-state index is 0.307. The Morgan fingerprint density at radius 2 is 2.00 bits per heavy atom. The molecule has 3 heteroatoms. The van der Waals surface area contributed by atoms with Gasteiger partial charge in [-0.2, -0.15) is 0 Å². The fraction of sp³-hybridized carbons (Fsp3) is 0.400. The van der Waals surface area contributed by atoms with Gasteiger partial charge in [-0.15, -0.1) is 0 Å². The molecule has 0 radical (unpaired) electrons. The zero-order valence-corrected chi connectivity index (χ0v) is 11.2.